The number of aliphatic carboxylic acids is 1. The predicted octanol–water partition coefficient (Wildman–Crippen LogP) is 1.54. The maximum Gasteiger partial charge on any atom is 0.305 e. The standard InChI is InChI=1S/C11H17N3O3/c1-4-17-9-5-8(12-7-13-9)14-11(2,3)6-10(15)16/h5,7H,4,6H2,1-3H3,(H,15,16)(H,12,13,14). The third-order valence-corrected chi connectivity index (χ3v) is 1.99. The van der Waals surface area contributed by atoms with Crippen molar-refractivity contribution in [1.82, 2.24) is 9.97 Å². The zero-order valence-corrected chi connectivity index (χ0v) is 10.2. The lowest BCUT2D eigenvalue weighted by Gasteiger charge is -2.24. The monoisotopic (exact) mass is 239 g/mol. The van der Waals surface area contributed by atoms with Crippen molar-refractivity contribution in [3.05, 3.63) is 12.4 Å². The van der Waals surface area contributed by atoms with Gasteiger partial charge in [0.05, 0.1) is 13.0 Å². The van der Waals surface area contributed by atoms with E-state index in [1.807, 2.05) is 6.92 Å². The summed E-state index contributed by atoms with van der Waals surface area (Å²) >= 11 is 0. The van der Waals surface area contributed by atoms with E-state index >= 15 is 0 Å². The summed E-state index contributed by atoms with van der Waals surface area (Å²) in [5, 5.41) is 11.8. The first-order valence-electron chi connectivity index (χ1n) is 5.38. The van der Waals surface area contributed by atoms with Crippen molar-refractivity contribution in [2.24, 2.45) is 0 Å². The lowest BCUT2D eigenvalue weighted by atomic mass is 10.0. The van der Waals surface area contributed by atoms with Gasteiger partial charge in [-0.05, 0) is 20.8 Å². The molecule has 1 aromatic heterocycles. The molecule has 2 N–H and O–H groups in total. The van der Waals surface area contributed by atoms with Crippen molar-refractivity contribution in [1.29, 1.82) is 0 Å². The van der Waals surface area contributed by atoms with Crippen molar-refractivity contribution < 1.29 is 14.6 Å². The Balaban J connectivity index is 2.73. The van der Waals surface area contributed by atoms with Gasteiger partial charge in [-0.2, -0.15) is 0 Å². The number of hydrogen-bond donors (Lipinski definition) is 2. The van der Waals surface area contributed by atoms with Gasteiger partial charge >= 0.3 is 5.97 Å². The number of carbonyl (C=O) groups is 1. The third-order valence-electron chi connectivity index (χ3n) is 1.99. The first kappa shape index (κ1) is 13.2. The molecular weight excluding hydrogens is 222 g/mol. The van der Waals surface area contributed by atoms with Crippen molar-refractivity contribution in [3.63, 3.8) is 0 Å². The van der Waals surface area contributed by atoms with Gasteiger partial charge in [0.2, 0.25) is 5.88 Å². The van der Waals surface area contributed by atoms with Crippen LogP contribution >= 0.6 is 0 Å². The van der Waals surface area contributed by atoms with E-state index in [1.54, 1.807) is 19.9 Å². The molecule has 1 heterocycles. The molecule has 0 aliphatic rings. The minimum absolute atomic E-state index is 0.000963. The van der Waals surface area contributed by atoms with Crippen LogP contribution in [0.2, 0.25) is 0 Å². The largest absolute Gasteiger partial charge is 0.481 e. The molecule has 0 radical (unpaired) electrons. The van der Waals surface area contributed by atoms with Crippen LogP contribution in [0.4, 0.5) is 5.82 Å². The Labute approximate surface area is 100 Å². The highest BCUT2D eigenvalue weighted by Gasteiger charge is 2.22. The molecule has 0 bridgehead atoms. The molecule has 17 heavy (non-hydrogen) atoms. The average Bonchev–Trinajstić information content (AvgIpc) is 2.15. The fraction of sp³-hybridized carbons (Fsp3) is 0.545. The molecule has 94 valence electrons. The Morgan fingerprint density at radius 2 is 2.24 bits per heavy atom. The Hall–Kier alpha value is -1.85. The fourth-order valence-corrected chi connectivity index (χ4v) is 1.40. The number of nitrogens with zero attached hydrogens (tertiary/aromatic N) is 2. The molecule has 0 amide bonds. The van der Waals surface area contributed by atoms with Gasteiger partial charge in [0.1, 0.15) is 12.1 Å². The van der Waals surface area contributed by atoms with Crippen molar-refractivity contribution in [2.75, 3.05) is 11.9 Å². The molecule has 1 rings (SSSR count). The number of ether oxygens (including phenoxy) is 1. The van der Waals surface area contributed by atoms with Crippen molar-refractivity contribution >= 4 is 11.8 Å². The van der Waals surface area contributed by atoms with Crippen molar-refractivity contribution in [2.45, 2.75) is 32.7 Å². The molecule has 0 aromatic carbocycles. The number of carboxylic acids is 1. The molecule has 0 fully saturated rings. The van der Waals surface area contributed by atoms with Gasteiger partial charge < -0.3 is 15.2 Å². The van der Waals surface area contributed by atoms with Gasteiger partial charge in [0.15, 0.2) is 0 Å². The molecule has 6 heteroatoms. The Morgan fingerprint density at radius 3 is 2.82 bits per heavy atom. The zero-order valence-electron chi connectivity index (χ0n) is 10.2. The van der Waals surface area contributed by atoms with Gasteiger partial charge in [-0.15, -0.1) is 0 Å². The molecular formula is C11H17N3O3. The maximum atomic E-state index is 10.7. The maximum absolute atomic E-state index is 10.7. The van der Waals surface area contributed by atoms with Crippen LogP contribution in [0.15, 0.2) is 12.4 Å². The van der Waals surface area contributed by atoms with Crippen LogP contribution in [0, 0.1) is 0 Å². The topological polar surface area (TPSA) is 84.3 Å². The van der Waals surface area contributed by atoms with Crippen molar-refractivity contribution in [3.8, 4) is 5.88 Å². The Morgan fingerprint density at radius 1 is 1.53 bits per heavy atom. The molecule has 0 aliphatic carbocycles. The van der Waals surface area contributed by atoms with E-state index in [0.29, 0.717) is 18.3 Å². The lowest BCUT2D eigenvalue weighted by molar-refractivity contribution is -0.137. The molecule has 0 atom stereocenters. The molecule has 6 nitrogen and oxygen atoms in total. The minimum Gasteiger partial charge on any atom is -0.481 e. The summed E-state index contributed by atoms with van der Waals surface area (Å²) < 4.78 is 5.23. The second-order valence-corrected chi connectivity index (χ2v) is 4.25. The predicted molar refractivity (Wildman–Crippen MR) is 63.2 cm³/mol. The number of rotatable bonds is 6. The number of nitrogens with one attached hydrogen (secondary N) is 1. The van der Waals surface area contributed by atoms with E-state index < -0.39 is 11.5 Å². The fourth-order valence-electron chi connectivity index (χ4n) is 1.40. The third kappa shape index (κ3) is 4.67. The van der Waals surface area contributed by atoms with E-state index in [1.165, 1.54) is 6.33 Å². The Bertz CT molecular complexity index is 393. The van der Waals surface area contributed by atoms with Gasteiger partial charge in [-0.1, -0.05) is 0 Å². The summed E-state index contributed by atoms with van der Waals surface area (Å²) in [5.74, 6) is 0.160. The molecule has 0 saturated heterocycles. The van der Waals surface area contributed by atoms with Crippen LogP contribution in [-0.4, -0.2) is 33.2 Å². The van der Waals surface area contributed by atoms with Gasteiger partial charge in [0, 0.05) is 11.6 Å². The summed E-state index contributed by atoms with van der Waals surface area (Å²) in [7, 11) is 0. The van der Waals surface area contributed by atoms with Crippen LogP contribution in [0.1, 0.15) is 27.2 Å². The van der Waals surface area contributed by atoms with E-state index in [-0.39, 0.29) is 6.42 Å². The van der Waals surface area contributed by atoms with Gasteiger partial charge in [-0.25, -0.2) is 9.97 Å². The van der Waals surface area contributed by atoms with Crippen LogP contribution in [0.25, 0.3) is 0 Å². The van der Waals surface area contributed by atoms with Gasteiger partial charge in [0.25, 0.3) is 0 Å². The normalized spacial score (nSPS) is 11.0. The Kier molecular flexibility index (Phi) is 4.25. The highest BCUT2D eigenvalue weighted by Crippen LogP contribution is 2.18. The van der Waals surface area contributed by atoms with E-state index in [4.69, 9.17) is 9.84 Å². The summed E-state index contributed by atoms with van der Waals surface area (Å²) in [4.78, 5) is 18.6. The highest BCUT2D eigenvalue weighted by molar-refractivity contribution is 5.69. The summed E-state index contributed by atoms with van der Waals surface area (Å²) in [5.41, 5.74) is -0.580. The summed E-state index contributed by atoms with van der Waals surface area (Å²) in [6.45, 7) is 5.98. The van der Waals surface area contributed by atoms with E-state index in [9.17, 15) is 4.79 Å². The van der Waals surface area contributed by atoms with Gasteiger partial charge in [-0.3, -0.25) is 4.79 Å². The summed E-state index contributed by atoms with van der Waals surface area (Å²) in [6, 6.07) is 1.65. The minimum atomic E-state index is -0.860. The number of hydrogen-bond acceptors (Lipinski definition) is 5. The number of carboxylic acid groups (broad SMARTS) is 1. The SMILES string of the molecule is CCOc1cc(NC(C)(C)CC(=O)O)ncn1. The smallest absolute Gasteiger partial charge is 0.305 e. The molecule has 0 aliphatic heterocycles. The second kappa shape index (κ2) is 5.47. The average molecular weight is 239 g/mol. The van der Waals surface area contributed by atoms with Crippen LogP contribution in [0.3, 0.4) is 0 Å². The molecule has 0 saturated carbocycles. The first-order valence-corrected chi connectivity index (χ1v) is 5.38. The van der Waals surface area contributed by atoms with Crippen LogP contribution in [-0.2, 0) is 4.79 Å². The molecule has 0 spiro atoms. The molecule has 0 unspecified atom stereocenters. The number of aromatic nitrogens is 2. The number of anilines is 1. The zero-order chi connectivity index (χ0) is 12.9. The molecule has 1 aromatic rings. The first-order chi connectivity index (χ1) is 7.93. The second-order valence-electron chi connectivity index (χ2n) is 4.25. The van der Waals surface area contributed by atoms with E-state index in [2.05, 4.69) is 15.3 Å². The summed E-state index contributed by atoms with van der Waals surface area (Å²) in [6.07, 6.45) is 1.38. The highest BCUT2D eigenvalue weighted by atomic mass is 16.5. The quantitative estimate of drug-likeness (QED) is 0.783. The van der Waals surface area contributed by atoms with E-state index in [0.717, 1.165) is 0 Å². The van der Waals surface area contributed by atoms with Crippen LogP contribution in [0.5, 0.6) is 5.88 Å². The lowest BCUT2D eigenvalue weighted by Crippen LogP contribution is -2.34. The van der Waals surface area contributed by atoms with Crippen LogP contribution < -0.4 is 10.1 Å².